The maximum Gasteiger partial charge on any atom is 0.160 e. The number of hydrogen-bond donors (Lipinski definition) is 0. The first-order valence-electron chi connectivity index (χ1n) is 50.4. The lowest BCUT2D eigenvalue weighted by molar-refractivity contribution is 1.17. The van der Waals surface area contributed by atoms with Gasteiger partial charge in [-0.3, -0.25) is 0 Å². The van der Waals surface area contributed by atoms with Crippen molar-refractivity contribution in [3.63, 3.8) is 0 Å². The van der Waals surface area contributed by atoms with Crippen molar-refractivity contribution in [3.8, 4) is 180 Å². The number of hydrogen-bond acceptors (Lipinski definition) is 4. The summed E-state index contributed by atoms with van der Waals surface area (Å²) in [5.74, 6) is 1.40. The fourth-order valence-corrected chi connectivity index (χ4v) is 21.8. The van der Waals surface area contributed by atoms with Gasteiger partial charge in [0.25, 0.3) is 0 Å². The number of fused-ring (bicyclic) bond motifs is 12. The second kappa shape index (κ2) is 37.6. The highest BCUT2D eigenvalue weighted by Crippen LogP contribution is 2.46. The minimum Gasteiger partial charge on any atom is -0.309 e. The Labute approximate surface area is 857 Å². The van der Waals surface area contributed by atoms with Crippen LogP contribution in [0.2, 0.25) is 0 Å². The second-order valence-corrected chi connectivity index (χ2v) is 38.0. The highest BCUT2D eigenvalue weighted by molar-refractivity contribution is 6.16. The van der Waals surface area contributed by atoms with E-state index < -0.39 is 0 Å². The Balaban J connectivity index is 0.000000148. The minimum absolute atomic E-state index is 0.695. The molecule has 8 heteroatoms. The third-order valence-corrected chi connectivity index (χ3v) is 29.1. The van der Waals surface area contributed by atoms with E-state index in [4.69, 9.17) is 19.9 Å². The van der Waals surface area contributed by atoms with E-state index in [2.05, 4.69) is 534 Å². The standard InChI is InChI=1S/C76H50N4.C64H42N4/c1-6-18-51(19-7-1)59-34-40-72-66(46-59)68-48-61(36-42-73(68)79(72)64-30-14-5-15-31-64)62-37-43-75-69(49-62)67-47-60(52-20-8-2-9-21-52)35-41-74(67)80(75)65-38-32-53(33-39-65)56-26-16-27-57(44-56)58-28-17-29-63(45-58)71-50-70(54-22-10-3-11-23-54)77-76(78-71)55-24-12-4-13-25-55;1-5-16-43(17-6-1)47-22-15-23-51(38-47)59-42-58(65-64(66-59)46-20-9-3-10-21-46)45-28-33-53(34-29-45)68-62-35-30-48(44-18-7-2-8-19-44)39-56(62)57-41-50(32-37-63(57)68)49-31-36-61-55(40-49)54-26-13-14-27-60(54)67(61)52-24-11-4-12-25-52/h1-50H;1-42H. The molecule has 28 rings (SSSR count). The van der Waals surface area contributed by atoms with Crippen molar-refractivity contribution in [2.24, 2.45) is 0 Å². The summed E-state index contributed by atoms with van der Waals surface area (Å²) in [5, 5.41) is 9.78. The van der Waals surface area contributed by atoms with Crippen molar-refractivity contribution < 1.29 is 0 Å². The zero-order valence-corrected chi connectivity index (χ0v) is 80.7. The monoisotopic (exact) mass is 1880 g/mol. The molecule has 0 saturated heterocycles. The van der Waals surface area contributed by atoms with Crippen LogP contribution in [0, 0.1) is 0 Å². The molecule has 28 aromatic rings. The zero-order valence-electron chi connectivity index (χ0n) is 80.7. The fourth-order valence-electron chi connectivity index (χ4n) is 21.8. The van der Waals surface area contributed by atoms with Crippen LogP contribution >= 0.6 is 0 Å². The van der Waals surface area contributed by atoms with E-state index in [1.54, 1.807) is 0 Å². The normalized spacial score (nSPS) is 11.5. The zero-order chi connectivity index (χ0) is 97.9. The molecule has 0 aliphatic carbocycles. The molecule has 6 aromatic heterocycles. The third-order valence-electron chi connectivity index (χ3n) is 29.1. The van der Waals surface area contributed by atoms with E-state index in [9.17, 15) is 0 Å². The summed E-state index contributed by atoms with van der Waals surface area (Å²) in [5.41, 5.74) is 42.3. The maximum absolute atomic E-state index is 5.18. The Hall–Kier alpha value is -19.8. The SMILES string of the molecule is c1ccc(-c2ccc3c(c2)c2cc(-c4ccc5c(c4)c4cc(-c6ccccc6)ccc4n5-c4ccc(-c5cccc(-c6cccc(-c7cc(-c8ccccc8)nc(-c8ccccc8)n7)c6)c5)cc4)ccc2n3-c2ccccc2)cc1.c1ccc(-c2cccc(-c3cc(-c4ccc(-n5c6ccc(-c7ccccc7)cc6c6cc(-c7ccc8c(c7)c7ccccc7n8-c7ccccc7)ccc65)cc4)nc(-c4ccccc4)n3)c2)cc1. The molecule has 0 radical (unpaired) electrons. The van der Waals surface area contributed by atoms with Crippen LogP contribution in [-0.4, -0.2) is 38.2 Å². The first kappa shape index (κ1) is 87.2. The smallest absolute Gasteiger partial charge is 0.160 e. The van der Waals surface area contributed by atoms with Gasteiger partial charge in [-0.25, -0.2) is 19.9 Å². The molecule has 692 valence electrons. The van der Waals surface area contributed by atoms with Crippen LogP contribution in [0.3, 0.4) is 0 Å². The molecule has 148 heavy (non-hydrogen) atoms. The topological polar surface area (TPSA) is 71.3 Å². The van der Waals surface area contributed by atoms with E-state index in [0.29, 0.717) is 11.6 Å². The van der Waals surface area contributed by atoms with Gasteiger partial charge in [-0.2, -0.15) is 0 Å². The van der Waals surface area contributed by atoms with E-state index >= 15 is 0 Å². The Morgan fingerprint density at radius 1 is 0.101 bits per heavy atom. The lowest BCUT2D eigenvalue weighted by Crippen LogP contribution is -1.97. The maximum atomic E-state index is 5.18. The van der Waals surface area contributed by atoms with Crippen LogP contribution in [0.5, 0.6) is 0 Å². The molecule has 6 heterocycles. The molecule has 0 bridgehead atoms. The predicted molar refractivity (Wildman–Crippen MR) is 618 cm³/mol. The molecule has 22 aromatic carbocycles. The Morgan fingerprint density at radius 3 is 0.581 bits per heavy atom. The first-order chi connectivity index (χ1) is 73.3. The van der Waals surface area contributed by atoms with E-state index in [0.717, 1.165) is 129 Å². The molecular weight excluding hydrogens is 1790 g/mol. The number of benzene rings is 22. The molecule has 0 amide bonds. The van der Waals surface area contributed by atoms with Gasteiger partial charge in [0.2, 0.25) is 0 Å². The van der Waals surface area contributed by atoms with E-state index in [1.807, 2.05) is 42.5 Å². The first-order valence-corrected chi connectivity index (χ1v) is 50.4. The van der Waals surface area contributed by atoms with Crippen LogP contribution in [0.15, 0.2) is 558 Å². The number of rotatable bonds is 18. The summed E-state index contributed by atoms with van der Waals surface area (Å²) >= 11 is 0. The van der Waals surface area contributed by atoms with Crippen LogP contribution in [0.25, 0.3) is 267 Å². The second-order valence-electron chi connectivity index (χ2n) is 38.0. The summed E-state index contributed by atoms with van der Waals surface area (Å²) < 4.78 is 9.60. The Bertz CT molecular complexity index is 9840. The van der Waals surface area contributed by atoms with Gasteiger partial charge in [-0.15, -0.1) is 0 Å². The quantitative estimate of drug-likeness (QED) is 0.0858. The van der Waals surface area contributed by atoms with Gasteiger partial charge < -0.3 is 18.3 Å². The predicted octanol–water partition coefficient (Wildman–Crippen LogP) is 36.7. The summed E-state index contributed by atoms with van der Waals surface area (Å²) in [4.78, 5) is 20.5. The summed E-state index contributed by atoms with van der Waals surface area (Å²) in [6.45, 7) is 0. The number of aromatic nitrogens is 8. The van der Waals surface area contributed by atoms with Crippen molar-refractivity contribution in [1.29, 1.82) is 0 Å². The summed E-state index contributed by atoms with van der Waals surface area (Å²) in [6.07, 6.45) is 0. The molecule has 0 unspecified atom stereocenters. The lowest BCUT2D eigenvalue weighted by atomic mass is 9.97. The van der Waals surface area contributed by atoms with Gasteiger partial charge in [0.15, 0.2) is 11.6 Å². The van der Waals surface area contributed by atoms with E-state index in [-0.39, 0.29) is 0 Å². The van der Waals surface area contributed by atoms with Crippen molar-refractivity contribution in [3.05, 3.63) is 558 Å². The number of para-hydroxylation sites is 3. The molecule has 0 aliphatic rings. The average Bonchev–Trinajstić information content (AvgIpc) is 1.58. The Morgan fingerprint density at radius 2 is 0.277 bits per heavy atom. The van der Waals surface area contributed by atoms with Crippen molar-refractivity contribution >= 4 is 87.2 Å². The van der Waals surface area contributed by atoms with Crippen molar-refractivity contribution in [2.75, 3.05) is 0 Å². The highest BCUT2D eigenvalue weighted by Gasteiger charge is 2.24. The van der Waals surface area contributed by atoms with Gasteiger partial charge in [0.1, 0.15) is 0 Å². The third kappa shape index (κ3) is 16.3. The van der Waals surface area contributed by atoms with Crippen molar-refractivity contribution in [2.45, 2.75) is 0 Å². The molecular formula is C140H92N8. The van der Waals surface area contributed by atoms with Gasteiger partial charge in [0, 0.05) is 99.2 Å². The molecule has 0 atom stereocenters. The minimum atomic E-state index is 0.695. The van der Waals surface area contributed by atoms with Crippen LogP contribution in [0.1, 0.15) is 0 Å². The average molecular weight is 1890 g/mol. The molecule has 8 nitrogen and oxygen atoms in total. The van der Waals surface area contributed by atoms with Gasteiger partial charge in [-0.05, 0) is 259 Å². The lowest BCUT2D eigenvalue weighted by Gasteiger charge is -2.12. The summed E-state index contributed by atoms with van der Waals surface area (Å²) in [6, 6.07) is 200. The van der Waals surface area contributed by atoms with Gasteiger partial charge in [-0.1, -0.05) is 388 Å². The molecule has 0 aliphatic heterocycles. The van der Waals surface area contributed by atoms with Crippen LogP contribution in [0.4, 0.5) is 0 Å². The largest absolute Gasteiger partial charge is 0.309 e. The van der Waals surface area contributed by atoms with Crippen molar-refractivity contribution in [1.82, 2.24) is 38.2 Å². The van der Waals surface area contributed by atoms with Gasteiger partial charge in [0.05, 0.1) is 66.9 Å². The molecule has 0 spiro atoms. The summed E-state index contributed by atoms with van der Waals surface area (Å²) in [7, 11) is 0. The number of nitrogens with zero attached hydrogens (tertiary/aromatic N) is 8. The van der Waals surface area contributed by atoms with Crippen LogP contribution < -0.4 is 0 Å². The van der Waals surface area contributed by atoms with E-state index in [1.165, 1.54) is 126 Å². The fraction of sp³-hybridized carbons (Fsp3) is 0. The van der Waals surface area contributed by atoms with Gasteiger partial charge >= 0.3 is 0 Å². The molecule has 0 fully saturated rings. The highest BCUT2D eigenvalue weighted by atomic mass is 15.0. The van der Waals surface area contributed by atoms with Crippen LogP contribution in [-0.2, 0) is 0 Å². The molecule has 0 N–H and O–H groups in total. The Kier molecular flexibility index (Phi) is 22.1. The molecule has 0 saturated carbocycles.